The van der Waals surface area contributed by atoms with Crippen LogP contribution in [-0.4, -0.2) is 15.2 Å². The number of rotatable bonds is 2. The first-order valence-electron chi connectivity index (χ1n) is 5.57. The van der Waals surface area contributed by atoms with E-state index >= 15 is 0 Å². The fraction of sp³-hybridized carbons (Fsp3) is 0.0769. The number of fused-ring (bicyclic) bond motifs is 1. The zero-order chi connectivity index (χ0) is 12.5. The van der Waals surface area contributed by atoms with Crippen LogP contribution in [0.2, 0.25) is 0 Å². The van der Waals surface area contributed by atoms with Crippen LogP contribution in [0.3, 0.4) is 0 Å². The number of hydrogen-bond donors (Lipinski definition) is 2. The Morgan fingerprint density at radius 3 is 2.89 bits per heavy atom. The number of aromatic amines is 1. The summed E-state index contributed by atoms with van der Waals surface area (Å²) in [5.74, 6) is 0.293. The summed E-state index contributed by atoms with van der Waals surface area (Å²) in [6, 6.07) is 8.34. The summed E-state index contributed by atoms with van der Waals surface area (Å²) in [7, 11) is 0. The highest BCUT2D eigenvalue weighted by Crippen LogP contribution is 2.26. The van der Waals surface area contributed by atoms with Gasteiger partial charge in [-0.15, -0.1) is 0 Å². The van der Waals surface area contributed by atoms with Gasteiger partial charge in [0.2, 0.25) is 0 Å². The molecule has 0 aliphatic rings. The van der Waals surface area contributed by atoms with E-state index in [2.05, 4.69) is 20.5 Å². The molecule has 0 radical (unpaired) electrons. The lowest BCUT2D eigenvalue weighted by molar-refractivity contribution is 0.632. The SMILES string of the molecule is Cc1n[nH]c2ccnc(Nc3ccccc3F)c12. The van der Waals surface area contributed by atoms with E-state index in [9.17, 15) is 4.39 Å². The van der Waals surface area contributed by atoms with E-state index < -0.39 is 0 Å². The lowest BCUT2D eigenvalue weighted by atomic mass is 10.2. The Bertz CT molecular complexity index is 705. The number of anilines is 2. The van der Waals surface area contributed by atoms with Crippen LogP contribution in [0.1, 0.15) is 5.69 Å². The Balaban J connectivity index is 2.10. The van der Waals surface area contributed by atoms with Gasteiger partial charge in [-0.2, -0.15) is 5.10 Å². The Hall–Kier alpha value is -2.43. The highest BCUT2D eigenvalue weighted by Gasteiger charge is 2.09. The molecule has 0 bridgehead atoms. The molecule has 0 saturated carbocycles. The lowest BCUT2D eigenvalue weighted by Crippen LogP contribution is -1.96. The minimum Gasteiger partial charge on any atom is -0.337 e. The van der Waals surface area contributed by atoms with Crippen LogP contribution in [0.5, 0.6) is 0 Å². The van der Waals surface area contributed by atoms with Gasteiger partial charge in [-0.1, -0.05) is 12.1 Å². The molecule has 0 fully saturated rings. The second-order valence-electron chi connectivity index (χ2n) is 4.00. The van der Waals surface area contributed by atoms with Gasteiger partial charge in [0.05, 0.1) is 22.3 Å². The fourth-order valence-corrected chi connectivity index (χ4v) is 1.91. The molecule has 2 aromatic heterocycles. The first kappa shape index (κ1) is 10.7. The van der Waals surface area contributed by atoms with Crippen molar-refractivity contribution in [3.63, 3.8) is 0 Å². The van der Waals surface area contributed by atoms with Gasteiger partial charge < -0.3 is 5.32 Å². The van der Waals surface area contributed by atoms with Gasteiger partial charge in [0, 0.05) is 6.20 Å². The fourth-order valence-electron chi connectivity index (χ4n) is 1.91. The highest BCUT2D eigenvalue weighted by molar-refractivity contribution is 5.92. The minimum atomic E-state index is -0.308. The van der Waals surface area contributed by atoms with Crippen molar-refractivity contribution in [2.75, 3.05) is 5.32 Å². The van der Waals surface area contributed by atoms with E-state index in [4.69, 9.17) is 0 Å². The molecule has 4 nitrogen and oxygen atoms in total. The Labute approximate surface area is 103 Å². The van der Waals surface area contributed by atoms with Crippen molar-refractivity contribution < 1.29 is 4.39 Å². The van der Waals surface area contributed by atoms with Gasteiger partial charge >= 0.3 is 0 Å². The number of nitrogens with zero attached hydrogens (tertiary/aromatic N) is 2. The molecular weight excluding hydrogens is 231 g/mol. The van der Waals surface area contributed by atoms with E-state index in [-0.39, 0.29) is 5.82 Å². The second kappa shape index (κ2) is 4.10. The zero-order valence-corrected chi connectivity index (χ0v) is 9.74. The summed E-state index contributed by atoms with van der Waals surface area (Å²) in [6.45, 7) is 1.88. The summed E-state index contributed by atoms with van der Waals surface area (Å²) in [5, 5.41) is 10.9. The lowest BCUT2D eigenvalue weighted by Gasteiger charge is -2.07. The van der Waals surface area contributed by atoms with Crippen molar-refractivity contribution in [1.82, 2.24) is 15.2 Å². The predicted molar refractivity (Wildman–Crippen MR) is 68.3 cm³/mol. The predicted octanol–water partition coefficient (Wildman–Crippen LogP) is 3.15. The molecule has 3 aromatic rings. The van der Waals surface area contributed by atoms with Crippen LogP contribution < -0.4 is 5.32 Å². The smallest absolute Gasteiger partial charge is 0.146 e. The molecule has 0 amide bonds. The topological polar surface area (TPSA) is 53.6 Å². The molecule has 3 rings (SSSR count). The normalized spacial score (nSPS) is 10.8. The molecule has 1 aromatic carbocycles. The largest absolute Gasteiger partial charge is 0.337 e. The molecule has 0 aliphatic carbocycles. The van der Waals surface area contributed by atoms with Crippen molar-refractivity contribution in [1.29, 1.82) is 0 Å². The van der Waals surface area contributed by atoms with E-state index in [1.807, 2.05) is 13.0 Å². The van der Waals surface area contributed by atoms with E-state index in [0.29, 0.717) is 11.5 Å². The number of aromatic nitrogens is 3. The highest BCUT2D eigenvalue weighted by atomic mass is 19.1. The second-order valence-corrected chi connectivity index (χ2v) is 4.00. The van der Waals surface area contributed by atoms with Crippen molar-refractivity contribution in [3.05, 3.63) is 48.0 Å². The van der Waals surface area contributed by atoms with Crippen molar-refractivity contribution in [2.24, 2.45) is 0 Å². The van der Waals surface area contributed by atoms with Gasteiger partial charge in [-0.3, -0.25) is 5.10 Å². The zero-order valence-electron chi connectivity index (χ0n) is 9.74. The third-order valence-electron chi connectivity index (χ3n) is 2.78. The third-order valence-corrected chi connectivity index (χ3v) is 2.78. The summed E-state index contributed by atoms with van der Waals surface area (Å²) < 4.78 is 13.6. The molecule has 0 aliphatic heterocycles. The third kappa shape index (κ3) is 1.69. The van der Waals surface area contributed by atoms with Crippen LogP contribution in [0.25, 0.3) is 10.9 Å². The first-order valence-corrected chi connectivity index (χ1v) is 5.57. The van der Waals surface area contributed by atoms with Crippen LogP contribution in [0, 0.1) is 12.7 Å². The molecule has 0 saturated heterocycles. The van der Waals surface area contributed by atoms with Crippen molar-refractivity contribution >= 4 is 22.4 Å². The van der Waals surface area contributed by atoms with Crippen LogP contribution in [0.15, 0.2) is 36.5 Å². The van der Waals surface area contributed by atoms with Crippen LogP contribution in [0.4, 0.5) is 15.9 Å². The number of benzene rings is 1. The molecule has 90 valence electrons. The number of nitrogens with one attached hydrogen (secondary N) is 2. The average Bonchev–Trinajstić information content (AvgIpc) is 2.75. The number of para-hydroxylation sites is 1. The summed E-state index contributed by atoms with van der Waals surface area (Å²) in [4.78, 5) is 4.24. The van der Waals surface area contributed by atoms with E-state index in [1.165, 1.54) is 6.07 Å². The molecular formula is C13H11FN4. The van der Waals surface area contributed by atoms with Crippen LogP contribution >= 0.6 is 0 Å². The van der Waals surface area contributed by atoms with Gasteiger partial charge in [0.25, 0.3) is 0 Å². The van der Waals surface area contributed by atoms with Gasteiger partial charge in [-0.05, 0) is 25.1 Å². The molecule has 2 heterocycles. The number of hydrogen-bond acceptors (Lipinski definition) is 3. The maximum atomic E-state index is 13.6. The van der Waals surface area contributed by atoms with Gasteiger partial charge in [-0.25, -0.2) is 9.37 Å². The minimum absolute atomic E-state index is 0.308. The summed E-state index contributed by atoms with van der Waals surface area (Å²) >= 11 is 0. The molecule has 5 heteroatoms. The van der Waals surface area contributed by atoms with Crippen LogP contribution in [-0.2, 0) is 0 Å². The molecule has 0 atom stereocenters. The average molecular weight is 242 g/mol. The number of halogens is 1. The van der Waals surface area contributed by atoms with Gasteiger partial charge in [0.1, 0.15) is 11.6 Å². The molecule has 2 N–H and O–H groups in total. The van der Waals surface area contributed by atoms with Crippen molar-refractivity contribution in [3.8, 4) is 0 Å². The number of H-pyrrole nitrogens is 1. The Morgan fingerprint density at radius 2 is 2.06 bits per heavy atom. The Kier molecular flexibility index (Phi) is 2.44. The van der Waals surface area contributed by atoms with E-state index in [1.54, 1.807) is 24.4 Å². The van der Waals surface area contributed by atoms with Gasteiger partial charge in [0.15, 0.2) is 0 Å². The number of aryl methyl sites for hydroxylation is 1. The Morgan fingerprint density at radius 1 is 1.22 bits per heavy atom. The first-order chi connectivity index (χ1) is 8.75. The maximum Gasteiger partial charge on any atom is 0.146 e. The monoisotopic (exact) mass is 242 g/mol. The molecule has 0 spiro atoms. The van der Waals surface area contributed by atoms with Crippen molar-refractivity contribution in [2.45, 2.75) is 6.92 Å². The molecule has 0 unspecified atom stereocenters. The summed E-state index contributed by atoms with van der Waals surface area (Å²) in [6.07, 6.45) is 1.66. The molecule has 18 heavy (non-hydrogen) atoms. The standard InChI is InChI=1S/C13H11FN4/c1-8-12-11(18-17-8)6-7-15-13(12)16-10-5-3-2-4-9(10)14/h2-7H,1H3,(H,15,16)(H,17,18). The van der Waals surface area contributed by atoms with E-state index in [0.717, 1.165) is 16.6 Å². The maximum absolute atomic E-state index is 13.6. The quantitative estimate of drug-likeness (QED) is 0.725. The number of pyridine rings is 1. The summed E-state index contributed by atoms with van der Waals surface area (Å²) in [5.41, 5.74) is 2.11.